The van der Waals surface area contributed by atoms with Gasteiger partial charge in [0, 0.05) is 0 Å². The molecule has 0 rings (SSSR count). The molecule has 0 bridgehead atoms. The molecule has 0 radical (unpaired) electrons. The van der Waals surface area contributed by atoms with Gasteiger partial charge in [0.1, 0.15) is 0 Å². The molecule has 0 aromatic carbocycles. The van der Waals surface area contributed by atoms with Gasteiger partial charge in [-0.05, 0) is 0 Å². The Balaban J connectivity index is 0. The van der Waals surface area contributed by atoms with Crippen LogP contribution in [0.2, 0.25) is 0 Å². The molecule has 0 amide bonds. The van der Waals surface area contributed by atoms with Crippen LogP contribution in [0.1, 0.15) is 0 Å². The number of ether oxygens (including phenoxy) is 1. The van der Waals surface area contributed by atoms with Crippen molar-refractivity contribution in [3.8, 4) is 6.07 Å². The summed E-state index contributed by atoms with van der Waals surface area (Å²) >= 11 is 8.90. The summed E-state index contributed by atoms with van der Waals surface area (Å²) in [6.45, 7) is 0. The zero-order chi connectivity index (χ0) is 8.15. The Bertz CT molecular complexity index is 201. The maximum atomic E-state index is 10.6. The van der Waals surface area contributed by atoms with Gasteiger partial charge in [0.2, 0.25) is 0 Å². The second-order valence-electron chi connectivity index (χ2n) is 1.40. The minimum atomic E-state index is -1.07. The fourth-order valence-corrected chi connectivity index (χ4v) is 0.617. The Kier molecular flexibility index (Phi) is 8.74. The van der Waals surface area contributed by atoms with E-state index in [1.807, 2.05) is 0 Å². The summed E-state index contributed by atoms with van der Waals surface area (Å²) in [7, 11) is 1.18. The van der Waals surface area contributed by atoms with Crippen LogP contribution in [0.3, 0.4) is 0 Å². The monoisotopic (exact) mass is 197 g/mol. The first-order chi connectivity index (χ1) is 4.63. The van der Waals surface area contributed by atoms with E-state index in [0.717, 1.165) is 0 Å². The number of hydrogen-bond acceptors (Lipinski definition) is 5. The van der Waals surface area contributed by atoms with E-state index in [-0.39, 0.29) is 33.8 Å². The summed E-state index contributed by atoms with van der Waals surface area (Å²) in [5.41, 5.74) is 0. The number of esters is 1. The fraction of sp³-hybridized carbons (Fsp3) is 0.400. The van der Waals surface area contributed by atoms with Crippen LogP contribution in [-0.4, -0.2) is 17.3 Å². The summed E-state index contributed by atoms with van der Waals surface area (Å²) < 4.78 is 4.17. The molecule has 0 saturated carbocycles. The summed E-state index contributed by atoms with van der Waals surface area (Å²) in [5.74, 6) is -1.77. The predicted molar refractivity (Wildman–Crippen MR) is 41.1 cm³/mol. The minimum absolute atomic E-state index is 0. The van der Waals surface area contributed by atoms with Crippen LogP contribution in [0.25, 0.3) is 0 Å². The zero-order valence-electron chi connectivity index (χ0n) is 6.16. The zero-order valence-corrected chi connectivity index (χ0v) is 9.79. The van der Waals surface area contributed by atoms with Gasteiger partial charge in [-0.25, -0.2) is 0 Å². The van der Waals surface area contributed by atoms with Crippen LogP contribution in [-0.2, 0) is 22.2 Å². The van der Waals surface area contributed by atoms with Crippen molar-refractivity contribution in [2.24, 2.45) is 5.92 Å². The third-order valence-electron chi connectivity index (χ3n) is 0.802. The van der Waals surface area contributed by atoms with E-state index < -0.39 is 11.9 Å². The van der Waals surface area contributed by atoms with Gasteiger partial charge in [-0.2, -0.15) is 5.26 Å². The summed E-state index contributed by atoms with van der Waals surface area (Å²) in [6.07, 6.45) is 0. The molecule has 1 unspecified atom stereocenters. The molecule has 0 fully saturated rings. The normalized spacial score (nSPS) is 10.2. The third kappa shape index (κ3) is 4.67. The van der Waals surface area contributed by atoms with Gasteiger partial charge < -0.3 is 29.6 Å². The van der Waals surface area contributed by atoms with Crippen LogP contribution in [0.5, 0.6) is 0 Å². The summed E-state index contributed by atoms with van der Waals surface area (Å²) in [6, 6.07) is 1.63. The fourth-order valence-electron chi connectivity index (χ4n) is 0.319. The average molecular weight is 197 g/mol. The first kappa shape index (κ1) is 13.8. The number of nitrogens with zero attached hydrogens (tertiary/aromatic N) is 1. The van der Waals surface area contributed by atoms with Crippen molar-refractivity contribution in [3.63, 3.8) is 0 Å². The molecule has 0 N–H and O–H groups in total. The standard InChI is InChI=1S/C5H5NO2S2.Na/c1-8-4(7)3(2-6)5(9)10;/h3H,1H3,(H,9,10);/q;+1/p-1. The van der Waals surface area contributed by atoms with E-state index in [1.54, 1.807) is 6.07 Å². The SMILES string of the molecule is COC(=O)C(C#N)C(=S)[S-].[Na+]. The smallest absolute Gasteiger partial charge is 0.468 e. The predicted octanol–water partition coefficient (Wildman–Crippen LogP) is -2.82. The Morgan fingerprint density at radius 1 is 1.82 bits per heavy atom. The Morgan fingerprint density at radius 3 is 2.36 bits per heavy atom. The van der Waals surface area contributed by atoms with E-state index in [0.29, 0.717) is 0 Å². The van der Waals surface area contributed by atoms with Crippen LogP contribution >= 0.6 is 12.2 Å². The quantitative estimate of drug-likeness (QED) is 0.207. The van der Waals surface area contributed by atoms with E-state index in [1.165, 1.54) is 7.11 Å². The van der Waals surface area contributed by atoms with Gasteiger partial charge in [-0.3, -0.25) is 4.79 Å². The van der Waals surface area contributed by atoms with Gasteiger partial charge in [-0.1, -0.05) is 0 Å². The summed E-state index contributed by atoms with van der Waals surface area (Å²) in [5, 5.41) is 8.29. The Morgan fingerprint density at radius 2 is 2.27 bits per heavy atom. The molecule has 0 aliphatic carbocycles. The van der Waals surface area contributed by atoms with Gasteiger partial charge in [0.15, 0.2) is 5.92 Å². The molecule has 0 spiro atoms. The van der Waals surface area contributed by atoms with Crippen molar-refractivity contribution in [2.75, 3.05) is 7.11 Å². The minimum Gasteiger partial charge on any atom is -0.468 e. The maximum Gasteiger partial charge on any atom is 1.00 e. The summed E-state index contributed by atoms with van der Waals surface area (Å²) in [4.78, 5) is 10.6. The molecule has 1 atom stereocenters. The Hall–Kier alpha value is 0.270. The number of methoxy groups -OCH3 is 1. The molecule has 0 aromatic heterocycles. The van der Waals surface area contributed by atoms with E-state index >= 15 is 0 Å². The van der Waals surface area contributed by atoms with Gasteiger partial charge >= 0.3 is 35.5 Å². The number of carbonyl (C=O) groups excluding carboxylic acids is 1. The van der Waals surface area contributed by atoms with E-state index in [4.69, 9.17) is 5.26 Å². The van der Waals surface area contributed by atoms with E-state index in [2.05, 4.69) is 29.6 Å². The molecule has 0 aliphatic rings. The van der Waals surface area contributed by atoms with Crippen LogP contribution in [0, 0.1) is 17.2 Å². The molecular formula is C5H4NNaO2S2. The second kappa shape index (κ2) is 6.95. The van der Waals surface area contributed by atoms with Crippen LogP contribution in [0.15, 0.2) is 0 Å². The van der Waals surface area contributed by atoms with Crippen molar-refractivity contribution >= 4 is 35.0 Å². The second-order valence-corrected chi connectivity index (χ2v) is 2.54. The number of rotatable bonds is 2. The molecule has 0 aromatic rings. The number of hydrogen-bond donors (Lipinski definition) is 0. The van der Waals surface area contributed by atoms with Crippen molar-refractivity contribution in [1.29, 1.82) is 5.26 Å². The van der Waals surface area contributed by atoms with Gasteiger partial charge in [0.25, 0.3) is 0 Å². The molecule has 11 heavy (non-hydrogen) atoms. The number of thiocarbonyl (C=S) groups is 1. The molecule has 0 saturated heterocycles. The topological polar surface area (TPSA) is 50.1 Å². The maximum absolute atomic E-state index is 10.6. The molecule has 6 heteroatoms. The molecule has 54 valence electrons. The first-order valence-electron chi connectivity index (χ1n) is 2.31. The third-order valence-corrected chi connectivity index (χ3v) is 1.27. The van der Waals surface area contributed by atoms with Crippen molar-refractivity contribution in [3.05, 3.63) is 0 Å². The first-order valence-corrected chi connectivity index (χ1v) is 3.13. The van der Waals surface area contributed by atoms with Crippen LogP contribution in [0.4, 0.5) is 0 Å². The van der Waals surface area contributed by atoms with Crippen molar-refractivity contribution in [2.45, 2.75) is 0 Å². The van der Waals surface area contributed by atoms with Crippen LogP contribution < -0.4 is 29.6 Å². The largest absolute Gasteiger partial charge is 1.00 e. The number of carbonyl (C=O) groups is 1. The van der Waals surface area contributed by atoms with Gasteiger partial charge in [-0.15, -0.1) is 4.20 Å². The van der Waals surface area contributed by atoms with Crippen molar-refractivity contribution in [1.82, 2.24) is 0 Å². The molecule has 3 nitrogen and oxygen atoms in total. The molecule has 0 heterocycles. The average Bonchev–Trinajstić information content (AvgIpc) is 1.88. The van der Waals surface area contributed by atoms with Gasteiger partial charge in [0.05, 0.1) is 13.2 Å². The van der Waals surface area contributed by atoms with Crippen molar-refractivity contribution < 1.29 is 39.1 Å². The Labute approximate surface area is 97.8 Å². The van der Waals surface area contributed by atoms with E-state index in [9.17, 15) is 4.79 Å². The number of nitriles is 1. The molecule has 0 aliphatic heterocycles. The molecular weight excluding hydrogens is 193 g/mol.